The van der Waals surface area contributed by atoms with Crippen LogP contribution in [0, 0.1) is 17.2 Å². The molecule has 17 heavy (non-hydrogen) atoms. The van der Waals surface area contributed by atoms with Gasteiger partial charge in [-0.15, -0.1) is 0 Å². The van der Waals surface area contributed by atoms with Gasteiger partial charge in [0.1, 0.15) is 5.82 Å². The van der Waals surface area contributed by atoms with Crippen molar-refractivity contribution in [3.05, 3.63) is 23.9 Å². The first-order chi connectivity index (χ1) is 8.28. The minimum absolute atomic E-state index is 0.144. The van der Waals surface area contributed by atoms with Crippen molar-refractivity contribution in [2.24, 2.45) is 5.92 Å². The molecule has 0 spiro atoms. The van der Waals surface area contributed by atoms with Gasteiger partial charge in [0.25, 0.3) is 0 Å². The molecule has 0 bridgehead atoms. The van der Waals surface area contributed by atoms with Gasteiger partial charge in [-0.25, -0.2) is 4.98 Å². The fourth-order valence-corrected chi connectivity index (χ4v) is 2.29. The summed E-state index contributed by atoms with van der Waals surface area (Å²) in [5.74, 6) is 1.25. The third-order valence-electron chi connectivity index (χ3n) is 3.22. The molecule has 0 saturated heterocycles. The zero-order valence-corrected chi connectivity index (χ0v) is 9.76. The highest BCUT2D eigenvalue weighted by atomic mass is 16.3. The predicted molar refractivity (Wildman–Crippen MR) is 65.4 cm³/mol. The second-order valence-electron chi connectivity index (χ2n) is 4.61. The van der Waals surface area contributed by atoms with Crippen LogP contribution in [0.1, 0.15) is 31.2 Å². The molecule has 0 aromatic carbocycles. The van der Waals surface area contributed by atoms with Crippen LogP contribution in [0.2, 0.25) is 0 Å². The van der Waals surface area contributed by atoms with E-state index in [1.807, 2.05) is 0 Å². The Labute approximate surface area is 101 Å². The Balaban J connectivity index is 1.87. The summed E-state index contributed by atoms with van der Waals surface area (Å²) in [4.78, 5) is 4.17. The highest BCUT2D eigenvalue weighted by Gasteiger charge is 2.19. The van der Waals surface area contributed by atoms with Crippen molar-refractivity contribution < 1.29 is 5.11 Å². The maximum absolute atomic E-state index is 9.57. The molecule has 90 valence electrons. The van der Waals surface area contributed by atoms with Gasteiger partial charge < -0.3 is 10.4 Å². The second-order valence-corrected chi connectivity index (χ2v) is 4.61. The van der Waals surface area contributed by atoms with E-state index in [1.54, 1.807) is 18.3 Å². The molecule has 0 radical (unpaired) electrons. The van der Waals surface area contributed by atoms with Crippen molar-refractivity contribution in [2.75, 3.05) is 11.9 Å². The van der Waals surface area contributed by atoms with E-state index >= 15 is 0 Å². The zero-order chi connectivity index (χ0) is 12.1. The summed E-state index contributed by atoms with van der Waals surface area (Å²) in [6.45, 7) is 0.818. The fourth-order valence-electron chi connectivity index (χ4n) is 2.29. The lowest BCUT2D eigenvalue weighted by atomic mass is 9.87. The van der Waals surface area contributed by atoms with E-state index in [0.717, 1.165) is 38.0 Å². The average molecular weight is 231 g/mol. The number of hydrogen-bond acceptors (Lipinski definition) is 4. The molecule has 2 N–H and O–H groups in total. The maximum atomic E-state index is 9.57. The average Bonchev–Trinajstić information content (AvgIpc) is 2.37. The van der Waals surface area contributed by atoms with Gasteiger partial charge >= 0.3 is 0 Å². The quantitative estimate of drug-likeness (QED) is 0.833. The summed E-state index contributed by atoms with van der Waals surface area (Å²) < 4.78 is 0. The topological polar surface area (TPSA) is 68.9 Å². The molecule has 0 aliphatic heterocycles. The largest absolute Gasteiger partial charge is 0.393 e. The van der Waals surface area contributed by atoms with Crippen LogP contribution in [-0.2, 0) is 0 Å². The number of nitrogens with zero attached hydrogens (tertiary/aromatic N) is 2. The van der Waals surface area contributed by atoms with E-state index in [4.69, 9.17) is 5.26 Å². The molecule has 1 saturated carbocycles. The van der Waals surface area contributed by atoms with Crippen molar-refractivity contribution in [2.45, 2.75) is 31.8 Å². The van der Waals surface area contributed by atoms with Gasteiger partial charge in [-0.1, -0.05) is 6.42 Å². The van der Waals surface area contributed by atoms with E-state index < -0.39 is 0 Å². The molecule has 1 aromatic heterocycles. The Kier molecular flexibility index (Phi) is 3.94. The van der Waals surface area contributed by atoms with Crippen LogP contribution >= 0.6 is 0 Å². The van der Waals surface area contributed by atoms with Gasteiger partial charge in [0, 0.05) is 12.7 Å². The molecule has 4 nitrogen and oxygen atoms in total. The highest BCUT2D eigenvalue weighted by Crippen LogP contribution is 2.24. The summed E-state index contributed by atoms with van der Waals surface area (Å²) in [6, 6.07) is 5.53. The number of rotatable bonds is 3. The molecule has 2 rings (SSSR count). The van der Waals surface area contributed by atoms with Crippen LogP contribution in [0.3, 0.4) is 0 Å². The summed E-state index contributed by atoms with van der Waals surface area (Å²) in [6.07, 6.45) is 5.54. The highest BCUT2D eigenvalue weighted by molar-refractivity contribution is 5.42. The van der Waals surface area contributed by atoms with Gasteiger partial charge in [0.05, 0.1) is 17.7 Å². The van der Waals surface area contributed by atoms with E-state index in [-0.39, 0.29) is 6.10 Å². The number of nitrogens with one attached hydrogen (secondary N) is 1. The van der Waals surface area contributed by atoms with Crippen molar-refractivity contribution in [1.82, 2.24) is 4.98 Å². The Morgan fingerprint density at radius 1 is 1.53 bits per heavy atom. The Hall–Kier alpha value is -1.60. The SMILES string of the molecule is N#Cc1ccnc(NCC2CCCC(O)C2)c1. The van der Waals surface area contributed by atoms with E-state index in [9.17, 15) is 5.11 Å². The molecule has 1 aliphatic carbocycles. The number of anilines is 1. The molecule has 2 atom stereocenters. The summed E-state index contributed by atoms with van der Waals surface area (Å²) >= 11 is 0. The van der Waals surface area contributed by atoms with Crippen molar-refractivity contribution >= 4 is 5.82 Å². The zero-order valence-electron chi connectivity index (χ0n) is 9.76. The number of nitriles is 1. The first kappa shape index (κ1) is 11.9. The van der Waals surface area contributed by atoms with Gasteiger partial charge in [0.2, 0.25) is 0 Å². The molecule has 4 heteroatoms. The smallest absolute Gasteiger partial charge is 0.127 e. The minimum Gasteiger partial charge on any atom is -0.393 e. The van der Waals surface area contributed by atoms with Gasteiger partial charge in [0.15, 0.2) is 0 Å². The van der Waals surface area contributed by atoms with Gasteiger partial charge in [-0.3, -0.25) is 0 Å². The van der Waals surface area contributed by atoms with Crippen LogP contribution in [0.25, 0.3) is 0 Å². The van der Waals surface area contributed by atoms with Crippen LogP contribution in [0.5, 0.6) is 0 Å². The normalized spacial score (nSPS) is 24.0. The molecule has 2 unspecified atom stereocenters. The number of hydrogen-bond donors (Lipinski definition) is 2. The minimum atomic E-state index is -0.144. The molecule has 1 fully saturated rings. The molecule has 0 amide bonds. The Morgan fingerprint density at radius 3 is 3.18 bits per heavy atom. The lowest BCUT2D eigenvalue weighted by Gasteiger charge is -2.26. The van der Waals surface area contributed by atoms with Gasteiger partial charge in [-0.2, -0.15) is 5.26 Å². The van der Waals surface area contributed by atoms with E-state index in [1.165, 1.54) is 0 Å². The lowest BCUT2D eigenvalue weighted by Crippen LogP contribution is -2.25. The van der Waals surface area contributed by atoms with Gasteiger partial charge in [-0.05, 0) is 37.3 Å². The third kappa shape index (κ3) is 3.43. The van der Waals surface area contributed by atoms with Crippen LogP contribution in [-0.4, -0.2) is 22.7 Å². The summed E-state index contributed by atoms with van der Waals surface area (Å²) in [5.41, 5.74) is 0.617. The molecule has 1 heterocycles. The number of pyridine rings is 1. The van der Waals surface area contributed by atoms with Crippen molar-refractivity contribution in [3.63, 3.8) is 0 Å². The fraction of sp³-hybridized carbons (Fsp3) is 0.538. The first-order valence-corrected chi connectivity index (χ1v) is 6.06. The molecule has 1 aliphatic rings. The number of aliphatic hydroxyl groups excluding tert-OH is 1. The van der Waals surface area contributed by atoms with Crippen LogP contribution < -0.4 is 5.32 Å². The number of aromatic nitrogens is 1. The van der Waals surface area contributed by atoms with Crippen molar-refractivity contribution in [3.8, 4) is 6.07 Å². The van der Waals surface area contributed by atoms with E-state index in [2.05, 4.69) is 16.4 Å². The Bertz CT molecular complexity index is 413. The molecular formula is C13H17N3O. The van der Waals surface area contributed by atoms with Crippen LogP contribution in [0.4, 0.5) is 5.82 Å². The standard InChI is InChI=1S/C13H17N3O/c14-8-10-4-5-15-13(7-10)16-9-11-2-1-3-12(17)6-11/h4-5,7,11-12,17H,1-3,6,9H2,(H,15,16). The lowest BCUT2D eigenvalue weighted by molar-refractivity contribution is 0.104. The molecular weight excluding hydrogens is 214 g/mol. The molecule has 1 aromatic rings. The maximum Gasteiger partial charge on any atom is 0.127 e. The predicted octanol–water partition coefficient (Wildman–Crippen LogP) is 1.92. The van der Waals surface area contributed by atoms with E-state index in [0.29, 0.717) is 11.5 Å². The summed E-state index contributed by atoms with van der Waals surface area (Å²) in [7, 11) is 0. The second kappa shape index (κ2) is 5.65. The Morgan fingerprint density at radius 2 is 2.41 bits per heavy atom. The first-order valence-electron chi connectivity index (χ1n) is 6.06. The third-order valence-corrected chi connectivity index (χ3v) is 3.22. The summed E-state index contributed by atoms with van der Waals surface area (Å²) in [5, 5.41) is 21.6. The monoisotopic (exact) mass is 231 g/mol. The van der Waals surface area contributed by atoms with Crippen molar-refractivity contribution in [1.29, 1.82) is 5.26 Å². The number of aliphatic hydroxyl groups is 1. The van der Waals surface area contributed by atoms with Crippen LogP contribution in [0.15, 0.2) is 18.3 Å².